The van der Waals surface area contributed by atoms with Crippen molar-refractivity contribution in [3.8, 4) is 0 Å². The lowest BCUT2D eigenvalue weighted by atomic mass is 10.0. The highest BCUT2D eigenvalue weighted by Gasteiger charge is 2.19. The summed E-state index contributed by atoms with van der Waals surface area (Å²) in [6.45, 7) is 11.8. The second-order valence-electron chi connectivity index (χ2n) is 8.60. The number of hydrogen-bond acceptors (Lipinski definition) is 4. The summed E-state index contributed by atoms with van der Waals surface area (Å²) in [5.74, 6) is 1.86. The summed E-state index contributed by atoms with van der Waals surface area (Å²) in [5, 5.41) is 7.12. The first-order chi connectivity index (χ1) is 15.0. The van der Waals surface area contributed by atoms with Gasteiger partial charge in [0.05, 0.1) is 12.8 Å². The van der Waals surface area contributed by atoms with Crippen LogP contribution in [0.5, 0.6) is 0 Å². The number of nitrogens with zero attached hydrogens (tertiary/aromatic N) is 3. The summed E-state index contributed by atoms with van der Waals surface area (Å²) in [5.41, 5.74) is 3.83. The minimum Gasteiger partial charge on any atom is -0.468 e. The van der Waals surface area contributed by atoms with Gasteiger partial charge in [-0.15, -0.1) is 24.0 Å². The maximum atomic E-state index is 5.48. The number of guanidine groups is 1. The van der Waals surface area contributed by atoms with Gasteiger partial charge in [0.2, 0.25) is 0 Å². The normalized spacial score (nSPS) is 15.4. The molecule has 3 rings (SSSR count). The second-order valence-corrected chi connectivity index (χ2v) is 8.60. The molecule has 1 saturated heterocycles. The van der Waals surface area contributed by atoms with Crippen LogP contribution >= 0.6 is 24.0 Å². The molecule has 0 bridgehead atoms. The van der Waals surface area contributed by atoms with Gasteiger partial charge in [0.1, 0.15) is 5.76 Å². The average Bonchev–Trinajstić information content (AvgIpc) is 3.25. The molecule has 6 nitrogen and oxygen atoms in total. The Bertz CT molecular complexity index is 844. The lowest BCUT2D eigenvalue weighted by molar-refractivity contribution is 0.221. The molecule has 0 amide bonds. The van der Waals surface area contributed by atoms with Crippen LogP contribution in [-0.4, -0.2) is 55.5 Å². The van der Waals surface area contributed by atoms with Gasteiger partial charge in [0.15, 0.2) is 5.96 Å². The van der Waals surface area contributed by atoms with Crippen LogP contribution in [-0.2, 0) is 19.6 Å². The molecule has 176 valence electrons. The molecule has 0 saturated carbocycles. The number of rotatable bonds is 9. The molecule has 0 spiro atoms. The zero-order chi connectivity index (χ0) is 22.1. The Labute approximate surface area is 210 Å². The van der Waals surface area contributed by atoms with Gasteiger partial charge in [-0.05, 0) is 50.1 Å². The van der Waals surface area contributed by atoms with E-state index in [4.69, 9.17) is 4.42 Å². The van der Waals surface area contributed by atoms with E-state index in [9.17, 15) is 0 Å². The average molecular weight is 552 g/mol. The lowest BCUT2D eigenvalue weighted by Crippen LogP contribution is -2.48. The van der Waals surface area contributed by atoms with Gasteiger partial charge < -0.3 is 15.1 Å². The summed E-state index contributed by atoms with van der Waals surface area (Å²) < 4.78 is 5.48. The van der Waals surface area contributed by atoms with Crippen molar-refractivity contribution in [3.05, 3.63) is 71.7 Å². The van der Waals surface area contributed by atoms with Gasteiger partial charge in [-0.1, -0.05) is 36.4 Å². The maximum Gasteiger partial charge on any atom is 0.191 e. The van der Waals surface area contributed by atoms with Crippen LogP contribution in [0.25, 0.3) is 0 Å². The minimum absolute atomic E-state index is 0. The fourth-order valence-electron chi connectivity index (χ4n) is 4.08. The summed E-state index contributed by atoms with van der Waals surface area (Å²) in [7, 11) is 3.96. The highest BCUT2D eigenvalue weighted by Crippen LogP contribution is 2.14. The number of hydrogen-bond donors (Lipinski definition) is 2. The van der Waals surface area contributed by atoms with Crippen LogP contribution < -0.4 is 10.6 Å². The molecule has 2 aromatic rings. The van der Waals surface area contributed by atoms with Crippen LogP contribution in [0.1, 0.15) is 36.7 Å². The van der Waals surface area contributed by atoms with E-state index in [-0.39, 0.29) is 24.0 Å². The smallest absolute Gasteiger partial charge is 0.191 e. The van der Waals surface area contributed by atoms with E-state index in [1.165, 1.54) is 16.7 Å². The number of aliphatic imine (C=N–C) groups is 1. The maximum absolute atomic E-state index is 5.48. The number of halogens is 1. The van der Waals surface area contributed by atoms with Crippen molar-refractivity contribution >= 4 is 29.9 Å². The summed E-state index contributed by atoms with van der Waals surface area (Å²) >= 11 is 0. The van der Waals surface area contributed by atoms with Crippen LogP contribution in [0.2, 0.25) is 0 Å². The van der Waals surface area contributed by atoms with Gasteiger partial charge in [-0.3, -0.25) is 14.8 Å². The zero-order valence-corrected chi connectivity index (χ0v) is 22.0. The first kappa shape index (κ1) is 26.4. The summed E-state index contributed by atoms with van der Waals surface area (Å²) in [4.78, 5) is 9.19. The minimum atomic E-state index is 0. The Hall–Kier alpha value is -1.84. The Kier molecular flexibility index (Phi) is 11.3. The first-order valence-corrected chi connectivity index (χ1v) is 11.1. The van der Waals surface area contributed by atoms with Crippen molar-refractivity contribution in [2.24, 2.45) is 4.99 Å². The number of piperidine rings is 1. The Morgan fingerprint density at radius 1 is 1.16 bits per heavy atom. The van der Waals surface area contributed by atoms with Gasteiger partial charge >= 0.3 is 0 Å². The van der Waals surface area contributed by atoms with Crippen molar-refractivity contribution < 1.29 is 4.42 Å². The molecule has 1 aliphatic heterocycles. The van der Waals surface area contributed by atoms with Crippen molar-refractivity contribution in [1.29, 1.82) is 0 Å². The van der Waals surface area contributed by atoms with E-state index in [1.54, 1.807) is 6.26 Å². The van der Waals surface area contributed by atoms with E-state index in [1.807, 2.05) is 19.2 Å². The third-order valence-corrected chi connectivity index (χ3v) is 5.66. The molecule has 0 radical (unpaired) electrons. The van der Waals surface area contributed by atoms with Crippen LogP contribution in [0.4, 0.5) is 0 Å². The van der Waals surface area contributed by atoms with E-state index in [0.717, 1.165) is 63.8 Å². The molecule has 1 aromatic carbocycles. The number of furan rings is 1. The quantitative estimate of drug-likeness (QED) is 0.212. The van der Waals surface area contributed by atoms with Crippen LogP contribution in [0.3, 0.4) is 0 Å². The fourth-order valence-corrected chi connectivity index (χ4v) is 4.08. The van der Waals surface area contributed by atoms with E-state index in [0.29, 0.717) is 6.04 Å². The molecule has 1 fully saturated rings. The van der Waals surface area contributed by atoms with E-state index < -0.39 is 0 Å². The van der Waals surface area contributed by atoms with Crippen LogP contribution in [0, 0.1) is 0 Å². The van der Waals surface area contributed by atoms with Crippen LogP contribution in [0.15, 0.2) is 64.2 Å². The molecule has 2 N–H and O–H groups in total. The SMILES string of the molecule is C=C(C)CN1CCC(NC(=NC)NCc2ccccc2CN(C)Cc2ccco2)CC1.I. The van der Waals surface area contributed by atoms with E-state index >= 15 is 0 Å². The molecule has 32 heavy (non-hydrogen) atoms. The summed E-state index contributed by atoms with van der Waals surface area (Å²) in [6, 6.07) is 13.0. The van der Waals surface area contributed by atoms with E-state index in [2.05, 4.69) is 70.2 Å². The van der Waals surface area contributed by atoms with Gasteiger partial charge in [-0.2, -0.15) is 0 Å². The van der Waals surface area contributed by atoms with Crippen molar-refractivity contribution in [2.45, 2.75) is 45.4 Å². The molecule has 1 aromatic heterocycles. The van der Waals surface area contributed by atoms with Gasteiger partial charge in [0.25, 0.3) is 0 Å². The van der Waals surface area contributed by atoms with Gasteiger partial charge in [0, 0.05) is 45.8 Å². The predicted octanol–water partition coefficient (Wildman–Crippen LogP) is 4.24. The molecule has 7 heteroatoms. The Morgan fingerprint density at radius 3 is 2.50 bits per heavy atom. The highest BCUT2D eigenvalue weighted by atomic mass is 127. The van der Waals surface area contributed by atoms with Crippen molar-refractivity contribution in [3.63, 3.8) is 0 Å². The lowest BCUT2D eigenvalue weighted by Gasteiger charge is -2.33. The third-order valence-electron chi connectivity index (χ3n) is 5.66. The largest absolute Gasteiger partial charge is 0.468 e. The molecule has 0 aliphatic carbocycles. The number of likely N-dealkylation sites (tertiary alicyclic amines) is 1. The summed E-state index contributed by atoms with van der Waals surface area (Å²) in [6.07, 6.45) is 3.98. The fraction of sp³-hybridized carbons (Fsp3) is 0.480. The zero-order valence-electron chi connectivity index (χ0n) is 19.6. The second kappa shape index (κ2) is 13.6. The molecule has 2 heterocycles. The number of nitrogens with one attached hydrogen (secondary N) is 2. The topological polar surface area (TPSA) is 56.0 Å². The molecule has 0 unspecified atom stereocenters. The standard InChI is InChI=1S/C25H37N5O.HI/c1-20(2)17-30-13-11-23(12-14-30)28-25(26-3)27-16-21-8-5-6-9-22(21)18-29(4)19-24-10-7-15-31-24;/h5-10,15,23H,1,11-14,16-19H2,2-4H3,(H2,26,27,28);1H. The van der Waals surface area contributed by atoms with Crippen molar-refractivity contribution in [1.82, 2.24) is 20.4 Å². The Morgan fingerprint density at radius 2 is 1.88 bits per heavy atom. The molecular weight excluding hydrogens is 513 g/mol. The molecule has 0 atom stereocenters. The molecular formula is C25H38IN5O. The monoisotopic (exact) mass is 551 g/mol. The number of benzene rings is 1. The Balaban J connectivity index is 0.00000363. The third kappa shape index (κ3) is 8.60. The molecule has 1 aliphatic rings. The predicted molar refractivity (Wildman–Crippen MR) is 143 cm³/mol. The van der Waals surface area contributed by atoms with Crippen molar-refractivity contribution in [2.75, 3.05) is 33.7 Å². The first-order valence-electron chi connectivity index (χ1n) is 11.1. The highest BCUT2D eigenvalue weighted by molar-refractivity contribution is 14.0. The van der Waals surface area contributed by atoms with Gasteiger partial charge in [-0.25, -0.2) is 0 Å².